The molecule has 0 aliphatic rings. The van der Waals surface area contributed by atoms with E-state index in [2.05, 4.69) is 351 Å². The molecule has 0 heterocycles. The second-order valence-electron chi connectivity index (χ2n) is 20.6. The lowest BCUT2D eigenvalue weighted by Gasteiger charge is -2.27. The van der Waals surface area contributed by atoms with Crippen LogP contribution in [0.1, 0.15) is 22.3 Å². The van der Waals surface area contributed by atoms with Crippen LogP contribution in [-0.2, 0) is 0 Å². The van der Waals surface area contributed by atoms with Gasteiger partial charge in [0.1, 0.15) is 0 Å². The van der Waals surface area contributed by atoms with Crippen molar-refractivity contribution in [2.24, 2.45) is 0 Å². The zero-order chi connectivity index (χ0) is 54.4. The minimum Gasteiger partial charge on any atom is -0.311 e. The van der Waals surface area contributed by atoms with Crippen LogP contribution in [0.4, 0.5) is 68.2 Å². The molecule has 0 radical (unpaired) electrons. The fourth-order valence-electron chi connectivity index (χ4n) is 10.5. The highest BCUT2D eigenvalue weighted by Gasteiger charge is 2.18. The molecule has 80 heavy (non-hydrogen) atoms. The molecule has 4 heteroatoms. The summed E-state index contributed by atoms with van der Waals surface area (Å²) >= 11 is 0. The number of nitrogens with zero attached hydrogens (tertiary/aromatic N) is 4. The van der Waals surface area contributed by atoms with Crippen LogP contribution in [0.15, 0.2) is 303 Å². The van der Waals surface area contributed by atoms with Gasteiger partial charge in [-0.2, -0.15) is 0 Å². The van der Waals surface area contributed by atoms with Gasteiger partial charge in [-0.15, -0.1) is 0 Å². The van der Waals surface area contributed by atoms with E-state index >= 15 is 0 Å². The maximum atomic E-state index is 2.34. The molecule has 12 aromatic rings. The van der Waals surface area contributed by atoms with E-state index in [-0.39, 0.29) is 0 Å². The largest absolute Gasteiger partial charge is 0.311 e. The zero-order valence-corrected chi connectivity index (χ0v) is 45.7. The third-order valence-corrected chi connectivity index (χ3v) is 15.0. The van der Waals surface area contributed by atoms with E-state index in [0.29, 0.717) is 0 Å². The smallest absolute Gasteiger partial charge is 0.0462 e. The lowest BCUT2D eigenvalue weighted by Crippen LogP contribution is -2.10. The molecule has 0 saturated heterocycles. The fraction of sp³-hybridized carbons (Fsp3) is 0.0526. The number of rotatable bonds is 15. The van der Waals surface area contributed by atoms with Gasteiger partial charge >= 0.3 is 0 Å². The van der Waals surface area contributed by atoms with E-state index in [1.807, 2.05) is 0 Å². The average molecular weight is 1030 g/mol. The molecule has 4 nitrogen and oxygen atoms in total. The minimum atomic E-state index is 1.09. The molecule has 0 unspecified atom stereocenters. The number of para-hydroxylation sites is 2. The van der Waals surface area contributed by atoms with Gasteiger partial charge in [0.2, 0.25) is 0 Å². The molecule has 0 saturated carbocycles. The van der Waals surface area contributed by atoms with Gasteiger partial charge in [0.15, 0.2) is 0 Å². The van der Waals surface area contributed by atoms with Gasteiger partial charge in [-0.1, -0.05) is 180 Å². The number of hydrogen-bond acceptors (Lipinski definition) is 4. The Morgan fingerprint density at radius 2 is 0.263 bits per heavy atom. The first kappa shape index (κ1) is 50.6. The normalized spacial score (nSPS) is 11.0. The van der Waals surface area contributed by atoms with Crippen LogP contribution in [0.2, 0.25) is 0 Å². The molecule has 12 rings (SSSR count). The summed E-state index contributed by atoms with van der Waals surface area (Å²) in [6, 6.07) is 110. The van der Waals surface area contributed by atoms with Crippen molar-refractivity contribution in [3.8, 4) is 33.4 Å². The first-order chi connectivity index (χ1) is 39.3. The first-order valence-electron chi connectivity index (χ1n) is 27.5. The zero-order valence-electron chi connectivity index (χ0n) is 45.7. The third kappa shape index (κ3) is 11.0. The molecule has 0 aliphatic heterocycles. The monoisotopic (exact) mass is 1030 g/mol. The van der Waals surface area contributed by atoms with E-state index in [1.165, 1.54) is 22.3 Å². The molecule has 0 atom stereocenters. The molecule has 386 valence electrons. The van der Waals surface area contributed by atoms with Gasteiger partial charge in [0, 0.05) is 68.2 Å². The standard InChI is InChI=1S/C76H62N4/c1-55-15-35-67(36-16-55)77(65-11-7-5-8-12-65)71-43-23-59(24-44-71)61-27-47-73(48-28-61)79(69-39-19-57(3)20-40-69)75-51-31-63(32-52-75)64-33-53-76(54-34-64)80(70-41-21-58(4)22-42-70)74-49-29-62(30-50-74)60-25-45-72(46-26-60)78(66-13-9-6-10-14-66)68-37-17-56(2)18-38-68/h5-54H,1-4H3. The summed E-state index contributed by atoms with van der Waals surface area (Å²) in [6.45, 7) is 8.53. The molecule has 0 fully saturated rings. The number of hydrogen-bond donors (Lipinski definition) is 0. The Labute approximate surface area is 472 Å². The average Bonchev–Trinajstić information content (AvgIpc) is 3.52. The van der Waals surface area contributed by atoms with Crippen molar-refractivity contribution in [2.45, 2.75) is 27.7 Å². The highest BCUT2D eigenvalue weighted by molar-refractivity contribution is 5.85. The first-order valence-corrected chi connectivity index (χ1v) is 27.5. The van der Waals surface area contributed by atoms with Crippen LogP contribution in [0.3, 0.4) is 0 Å². The maximum absolute atomic E-state index is 2.34. The highest BCUT2D eigenvalue weighted by Crippen LogP contribution is 2.42. The summed E-state index contributed by atoms with van der Waals surface area (Å²) in [6.07, 6.45) is 0. The lowest BCUT2D eigenvalue weighted by atomic mass is 10.0. The van der Waals surface area contributed by atoms with Crippen LogP contribution < -0.4 is 19.6 Å². The maximum Gasteiger partial charge on any atom is 0.0462 e. The number of aryl methyl sites for hydroxylation is 4. The summed E-state index contributed by atoms with van der Waals surface area (Å²) in [5.74, 6) is 0. The van der Waals surface area contributed by atoms with Gasteiger partial charge in [0.05, 0.1) is 0 Å². The Bertz CT molecular complexity index is 3670. The van der Waals surface area contributed by atoms with E-state index in [1.54, 1.807) is 0 Å². The molecular weight excluding hydrogens is 969 g/mol. The fourth-order valence-corrected chi connectivity index (χ4v) is 10.5. The summed E-state index contributed by atoms with van der Waals surface area (Å²) in [5, 5.41) is 0. The Morgan fingerprint density at radius 1 is 0.138 bits per heavy atom. The Morgan fingerprint density at radius 3 is 0.412 bits per heavy atom. The van der Waals surface area contributed by atoms with Gasteiger partial charge in [-0.05, 0) is 207 Å². The van der Waals surface area contributed by atoms with Crippen LogP contribution >= 0.6 is 0 Å². The van der Waals surface area contributed by atoms with E-state index in [9.17, 15) is 0 Å². The predicted molar refractivity (Wildman–Crippen MR) is 340 cm³/mol. The van der Waals surface area contributed by atoms with Gasteiger partial charge in [0.25, 0.3) is 0 Å². The van der Waals surface area contributed by atoms with Crippen molar-refractivity contribution < 1.29 is 0 Å². The van der Waals surface area contributed by atoms with Gasteiger partial charge in [-0.25, -0.2) is 0 Å². The topological polar surface area (TPSA) is 13.0 Å². The Kier molecular flexibility index (Phi) is 14.4. The summed E-state index contributed by atoms with van der Waals surface area (Å²) in [4.78, 5) is 9.29. The van der Waals surface area contributed by atoms with Crippen LogP contribution in [-0.4, -0.2) is 0 Å². The quantitative estimate of drug-likeness (QED) is 0.101. The highest BCUT2D eigenvalue weighted by atomic mass is 15.2. The summed E-state index contributed by atoms with van der Waals surface area (Å²) in [7, 11) is 0. The molecular formula is C76H62N4. The SMILES string of the molecule is Cc1ccc(N(c2ccccc2)c2ccc(-c3ccc(N(c4ccc(C)cc4)c4ccc(-c5ccc(N(c6ccc(C)cc6)c6ccc(-c7ccc(N(c8ccccc8)c8ccc(C)cc8)cc7)cc6)cc5)cc4)cc3)cc2)cc1. The molecule has 0 aliphatic carbocycles. The minimum absolute atomic E-state index is 1.09. The van der Waals surface area contributed by atoms with Crippen LogP contribution in [0, 0.1) is 27.7 Å². The second-order valence-corrected chi connectivity index (χ2v) is 20.6. The van der Waals surface area contributed by atoms with E-state index < -0.39 is 0 Å². The summed E-state index contributed by atoms with van der Waals surface area (Å²) in [5.41, 5.74) is 25.2. The van der Waals surface area contributed by atoms with Gasteiger partial charge < -0.3 is 19.6 Å². The van der Waals surface area contributed by atoms with Crippen molar-refractivity contribution in [1.29, 1.82) is 0 Å². The van der Waals surface area contributed by atoms with E-state index in [0.717, 1.165) is 102 Å². The van der Waals surface area contributed by atoms with Crippen molar-refractivity contribution in [3.05, 3.63) is 326 Å². The predicted octanol–water partition coefficient (Wildman–Crippen LogP) is 21.8. The van der Waals surface area contributed by atoms with Crippen molar-refractivity contribution >= 4 is 68.2 Å². The van der Waals surface area contributed by atoms with E-state index in [4.69, 9.17) is 0 Å². The lowest BCUT2D eigenvalue weighted by molar-refractivity contribution is 1.27. The third-order valence-electron chi connectivity index (χ3n) is 15.0. The van der Waals surface area contributed by atoms with Crippen molar-refractivity contribution in [1.82, 2.24) is 0 Å². The molecule has 12 aromatic carbocycles. The summed E-state index contributed by atoms with van der Waals surface area (Å²) < 4.78 is 0. The number of benzene rings is 12. The second kappa shape index (κ2) is 22.8. The van der Waals surface area contributed by atoms with Crippen LogP contribution in [0.5, 0.6) is 0 Å². The number of anilines is 12. The Hall–Kier alpha value is -10.2. The molecule has 0 spiro atoms. The molecule has 0 bridgehead atoms. The van der Waals surface area contributed by atoms with Crippen molar-refractivity contribution in [2.75, 3.05) is 19.6 Å². The molecule has 0 amide bonds. The van der Waals surface area contributed by atoms with Crippen LogP contribution in [0.25, 0.3) is 33.4 Å². The molecule has 0 N–H and O–H groups in total. The van der Waals surface area contributed by atoms with Crippen molar-refractivity contribution in [3.63, 3.8) is 0 Å². The Balaban J connectivity index is 0.783. The molecule has 0 aromatic heterocycles. The van der Waals surface area contributed by atoms with Gasteiger partial charge in [-0.3, -0.25) is 0 Å².